The maximum atomic E-state index is 10.4. The quantitative estimate of drug-likeness (QED) is 0.503. The largest absolute Gasteiger partial charge is 0.493 e. The van der Waals surface area contributed by atoms with Crippen LogP contribution in [-0.2, 0) is 17.9 Å². The van der Waals surface area contributed by atoms with Gasteiger partial charge < -0.3 is 19.3 Å². The minimum absolute atomic E-state index is 0.315. The van der Waals surface area contributed by atoms with E-state index in [1.165, 1.54) is 15.6 Å². The normalized spacial score (nSPS) is 16.3. The van der Waals surface area contributed by atoms with Gasteiger partial charge in [0.05, 0.1) is 33.5 Å². The highest BCUT2D eigenvalue weighted by atomic mass is 32.1. The molecular formula is C25H32N2O4S. The SMILES string of the molecule is COc1ccc(COC[C@H](O)CN2CCN(Cc3csc4ccccc34)CC2)cc1OC. The molecule has 32 heavy (non-hydrogen) atoms. The van der Waals surface area contributed by atoms with Crippen LogP contribution in [0.15, 0.2) is 47.8 Å². The first-order valence-electron chi connectivity index (χ1n) is 11.0. The fourth-order valence-electron chi connectivity index (χ4n) is 4.16. The fraction of sp³-hybridized carbons (Fsp3) is 0.440. The van der Waals surface area contributed by atoms with Gasteiger partial charge in [-0.25, -0.2) is 0 Å². The van der Waals surface area contributed by atoms with Gasteiger partial charge in [-0.3, -0.25) is 9.80 Å². The van der Waals surface area contributed by atoms with E-state index in [2.05, 4.69) is 39.4 Å². The Hall–Kier alpha value is -2.16. The molecule has 6 nitrogen and oxygen atoms in total. The van der Waals surface area contributed by atoms with Crippen molar-refractivity contribution >= 4 is 21.4 Å². The van der Waals surface area contributed by atoms with Gasteiger partial charge in [-0.15, -0.1) is 11.3 Å². The molecule has 0 unspecified atom stereocenters. The summed E-state index contributed by atoms with van der Waals surface area (Å²) in [5.41, 5.74) is 2.41. The van der Waals surface area contributed by atoms with Crippen LogP contribution < -0.4 is 9.47 Å². The molecule has 1 N–H and O–H groups in total. The van der Waals surface area contributed by atoms with Crippen LogP contribution in [0.25, 0.3) is 10.1 Å². The molecule has 4 rings (SSSR count). The third kappa shape index (κ3) is 5.79. The van der Waals surface area contributed by atoms with Crippen LogP contribution >= 0.6 is 11.3 Å². The number of piperazine rings is 1. The number of ether oxygens (including phenoxy) is 3. The lowest BCUT2D eigenvalue weighted by molar-refractivity contribution is 0.000871. The van der Waals surface area contributed by atoms with Crippen LogP contribution in [0.1, 0.15) is 11.1 Å². The number of methoxy groups -OCH3 is 2. The number of hydrogen-bond donors (Lipinski definition) is 1. The van der Waals surface area contributed by atoms with Crippen LogP contribution in [0.4, 0.5) is 0 Å². The average Bonchev–Trinajstić information content (AvgIpc) is 3.23. The number of thiophene rings is 1. The fourth-order valence-corrected chi connectivity index (χ4v) is 5.11. The van der Waals surface area contributed by atoms with Crippen molar-refractivity contribution in [3.8, 4) is 11.5 Å². The van der Waals surface area contributed by atoms with E-state index in [-0.39, 0.29) is 0 Å². The van der Waals surface area contributed by atoms with Crippen molar-refractivity contribution in [2.75, 3.05) is 53.6 Å². The molecule has 2 heterocycles. The minimum atomic E-state index is -0.498. The second-order valence-electron chi connectivity index (χ2n) is 8.19. The zero-order chi connectivity index (χ0) is 22.3. The molecule has 2 aromatic carbocycles. The Morgan fingerprint density at radius 3 is 2.50 bits per heavy atom. The Morgan fingerprint density at radius 1 is 0.969 bits per heavy atom. The van der Waals surface area contributed by atoms with E-state index in [0.29, 0.717) is 31.3 Å². The molecular weight excluding hydrogens is 424 g/mol. The summed E-state index contributed by atoms with van der Waals surface area (Å²) in [5, 5.41) is 14.1. The Morgan fingerprint density at radius 2 is 1.72 bits per heavy atom. The molecule has 0 aliphatic carbocycles. The lowest BCUT2D eigenvalue weighted by Gasteiger charge is -2.35. The molecule has 0 spiro atoms. The van der Waals surface area contributed by atoms with E-state index in [9.17, 15) is 5.11 Å². The van der Waals surface area contributed by atoms with Gasteiger partial charge in [0.25, 0.3) is 0 Å². The average molecular weight is 457 g/mol. The van der Waals surface area contributed by atoms with E-state index in [1.807, 2.05) is 29.5 Å². The zero-order valence-electron chi connectivity index (χ0n) is 18.8. The van der Waals surface area contributed by atoms with Gasteiger partial charge in [-0.05, 0) is 40.1 Å². The predicted molar refractivity (Wildman–Crippen MR) is 129 cm³/mol. The van der Waals surface area contributed by atoms with Crippen molar-refractivity contribution in [2.24, 2.45) is 0 Å². The number of aliphatic hydroxyl groups is 1. The maximum Gasteiger partial charge on any atom is 0.161 e. The number of hydrogen-bond acceptors (Lipinski definition) is 7. The molecule has 1 aliphatic heterocycles. The second-order valence-corrected chi connectivity index (χ2v) is 9.10. The first kappa shape index (κ1) is 23.0. The second kappa shape index (κ2) is 11.1. The minimum Gasteiger partial charge on any atom is -0.493 e. The molecule has 1 atom stereocenters. The van der Waals surface area contributed by atoms with Crippen LogP contribution in [0, 0.1) is 0 Å². The van der Waals surface area contributed by atoms with Gasteiger partial charge in [0.15, 0.2) is 11.5 Å². The number of benzene rings is 2. The van der Waals surface area contributed by atoms with E-state index < -0.39 is 6.10 Å². The summed E-state index contributed by atoms with van der Waals surface area (Å²) < 4.78 is 17.7. The van der Waals surface area contributed by atoms with Crippen LogP contribution in [0.2, 0.25) is 0 Å². The third-order valence-electron chi connectivity index (χ3n) is 5.92. The highest BCUT2D eigenvalue weighted by Gasteiger charge is 2.20. The van der Waals surface area contributed by atoms with E-state index in [0.717, 1.165) is 38.3 Å². The highest BCUT2D eigenvalue weighted by Crippen LogP contribution is 2.28. The van der Waals surface area contributed by atoms with Crippen molar-refractivity contribution in [1.29, 1.82) is 0 Å². The first-order chi connectivity index (χ1) is 15.7. The van der Waals surface area contributed by atoms with Gasteiger partial charge >= 0.3 is 0 Å². The zero-order valence-corrected chi connectivity index (χ0v) is 19.6. The lowest BCUT2D eigenvalue weighted by atomic mass is 10.1. The van der Waals surface area contributed by atoms with Gasteiger partial charge in [0.1, 0.15) is 0 Å². The molecule has 7 heteroatoms. The lowest BCUT2D eigenvalue weighted by Crippen LogP contribution is -2.48. The van der Waals surface area contributed by atoms with E-state index in [4.69, 9.17) is 14.2 Å². The summed E-state index contributed by atoms with van der Waals surface area (Å²) in [7, 11) is 3.24. The number of β-amino-alcohol motifs (C(OH)–C–C–N with tert-alkyl or cyclic N) is 1. The smallest absolute Gasteiger partial charge is 0.161 e. The van der Waals surface area contributed by atoms with Gasteiger partial charge in [-0.2, -0.15) is 0 Å². The topological polar surface area (TPSA) is 54.4 Å². The third-order valence-corrected chi connectivity index (χ3v) is 6.93. The Bertz CT molecular complexity index is 1000. The van der Waals surface area contributed by atoms with E-state index in [1.54, 1.807) is 14.2 Å². The van der Waals surface area contributed by atoms with Crippen molar-refractivity contribution in [3.05, 3.63) is 59.0 Å². The summed E-state index contributed by atoms with van der Waals surface area (Å²) in [6, 6.07) is 14.3. The molecule has 1 aliphatic rings. The number of rotatable bonds is 10. The first-order valence-corrected chi connectivity index (χ1v) is 11.9. The molecule has 172 valence electrons. The molecule has 3 aromatic rings. The van der Waals surface area contributed by atoms with Gasteiger partial charge in [0.2, 0.25) is 0 Å². The summed E-state index contributed by atoms with van der Waals surface area (Å²) in [5.74, 6) is 1.38. The van der Waals surface area contributed by atoms with E-state index >= 15 is 0 Å². The van der Waals surface area contributed by atoms with Crippen LogP contribution in [0.3, 0.4) is 0 Å². The molecule has 1 fully saturated rings. The molecule has 0 saturated carbocycles. The molecule has 0 radical (unpaired) electrons. The van der Waals surface area contributed by atoms with Crippen molar-refractivity contribution in [2.45, 2.75) is 19.3 Å². The van der Waals surface area contributed by atoms with Crippen molar-refractivity contribution in [1.82, 2.24) is 9.80 Å². The highest BCUT2D eigenvalue weighted by molar-refractivity contribution is 7.17. The monoisotopic (exact) mass is 456 g/mol. The van der Waals surface area contributed by atoms with Gasteiger partial charge in [-0.1, -0.05) is 24.3 Å². The Labute approximate surface area is 193 Å². The van der Waals surface area contributed by atoms with Crippen LogP contribution in [0.5, 0.6) is 11.5 Å². The molecule has 0 bridgehead atoms. The molecule has 1 aromatic heterocycles. The summed E-state index contributed by atoms with van der Waals surface area (Å²) in [6.07, 6.45) is -0.498. The molecule has 0 amide bonds. The summed E-state index contributed by atoms with van der Waals surface area (Å²) >= 11 is 1.82. The number of aliphatic hydroxyl groups excluding tert-OH is 1. The summed E-state index contributed by atoms with van der Waals surface area (Å²) in [4.78, 5) is 4.83. The van der Waals surface area contributed by atoms with Crippen molar-refractivity contribution in [3.63, 3.8) is 0 Å². The van der Waals surface area contributed by atoms with Gasteiger partial charge in [0, 0.05) is 44.0 Å². The predicted octanol–water partition coefficient (Wildman–Crippen LogP) is 3.61. The summed E-state index contributed by atoms with van der Waals surface area (Å²) in [6.45, 7) is 6.35. The Kier molecular flexibility index (Phi) is 8.00. The molecule has 1 saturated heterocycles. The number of nitrogens with zero attached hydrogens (tertiary/aromatic N) is 2. The van der Waals surface area contributed by atoms with Crippen molar-refractivity contribution < 1.29 is 19.3 Å². The Balaban J connectivity index is 1.17. The maximum absolute atomic E-state index is 10.4. The van der Waals surface area contributed by atoms with Crippen LogP contribution in [-0.4, -0.2) is 74.6 Å². The standard InChI is InChI=1S/C25H32N2O4S/c1-29-23-8-7-19(13-24(23)30-2)16-31-17-21(28)15-27-11-9-26(10-12-27)14-20-18-32-25-6-4-3-5-22(20)25/h3-8,13,18,21,28H,9-12,14-17H2,1-2H3/t21-/m1/s1. The number of fused-ring (bicyclic) bond motifs is 1.